The first kappa shape index (κ1) is 22.4. The number of H-pyrrole nitrogens is 2. The topological polar surface area (TPSA) is 118 Å². The van der Waals surface area contributed by atoms with E-state index in [1.807, 2.05) is 34.9 Å². The smallest absolute Gasteiger partial charge is 0.323 e. The van der Waals surface area contributed by atoms with Crippen molar-refractivity contribution >= 4 is 40.2 Å². The molecule has 1 aliphatic heterocycles. The number of imidazole rings is 2. The molecule has 182 valence electrons. The number of carbonyl (C=O) groups excluding carboxylic acids is 1. The Labute approximate surface area is 211 Å². The van der Waals surface area contributed by atoms with Gasteiger partial charge in [0.15, 0.2) is 4.77 Å². The number of benzene rings is 2. The highest BCUT2D eigenvalue weighted by molar-refractivity contribution is 7.71. The standard InChI is InChI=1S/C26H25N7O2S/c27-24(34)18-5-1-2-6-21(18)33-23-13-28-10-9-22(23)32(26(33)36)17-4-3-11-31(15-17)14-16-7-8-19-20(12-16)30-25(35)29-19/h1-2,5-10,12-13,17H,3-4,11,14-15H2,(H2,27,34)(H2,29,30,35). The average Bonchev–Trinajstić information content (AvgIpc) is 3.39. The second-order valence-electron chi connectivity index (χ2n) is 9.22. The Morgan fingerprint density at radius 2 is 1.94 bits per heavy atom. The lowest BCUT2D eigenvalue weighted by molar-refractivity contribution is 0.100. The van der Waals surface area contributed by atoms with Gasteiger partial charge < -0.3 is 20.3 Å². The number of nitrogens with zero attached hydrogens (tertiary/aromatic N) is 4. The number of piperidine rings is 1. The molecule has 5 aromatic rings. The zero-order valence-electron chi connectivity index (χ0n) is 19.5. The van der Waals surface area contributed by atoms with Crippen molar-refractivity contribution in [2.45, 2.75) is 25.4 Å². The predicted molar refractivity (Wildman–Crippen MR) is 141 cm³/mol. The maximum absolute atomic E-state index is 12.2. The van der Waals surface area contributed by atoms with Crippen molar-refractivity contribution in [2.75, 3.05) is 13.1 Å². The molecule has 0 spiro atoms. The van der Waals surface area contributed by atoms with Crippen molar-refractivity contribution in [1.29, 1.82) is 0 Å². The van der Waals surface area contributed by atoms with Crippen molar-refractivity contribution in [2.24, 2.45) is 5.73 Å². The highest BCUT2D eigenvalue weighted by Crippen LogP contribution is 2.31. The molecule has 4 N–H and O–H groups in total. The molecule has 1 saturated heterocycles. The summed E-state index contributed by atoms with van der Waals surface area (Å²) in [5.74, 6) is -0.498. The Balaban J connectivity index is 1.37. The van der Waals surface area contributed by atoms with Gasteiger partial charge in [-0.25, -0.2) is 4.79 Å². The maximum Gasteiger partial charge on any atom is 0.323 e. The van der Waals surface area contributed by atoms with Crippen LogP contribution in [0.3, 0.4) is 0 Å². The summed E-state index contributed by atoms with van der Waals surface area (Å²) >= 11 is 6.02. The molecule has 1 atom stereocenters. The molecule has 4 heterocycles. The third-order valence-corrected chi connectivity index (χ3v) is 7.30. The molecule has 36 heavy (non-hydrogen) atoms. The minimum Gasteiger partial charge on any atom is -0.366 e. The van der Waals surface area contributed by atoms with Gasteiger partial charge in [0.25, 0.3) is 5.91 Å². The van der Waals surface area contributed by atoms with E-state index < -0.39 is 5.91 Å². The summed E-state index contributed by atoms with van der Waals surface area (Å²) in [7, 11) is 0. The Morgan fingerprint density at radius 1 is 1.11 bits per heavy atom. The van der Waals surface area contributed by atoms with E-state index in [9.17, 15) is 9.59 Å². The van der Waals surface area contributed by atoms with Crippen LogP contribution in [0.5, 0.6) is 0 Å². The SMILES string of the molecule is NC(=O)c1ccccc1-n1c(=S)n(C2CCCN(Cc3ccc4[nH]c(=O)[nH]c4c3)C2)c2ccncc21. The molecule has 0 aliphatic carbocycles. The minimum atomic E-state index is -0.498. The molecular formula is C26H25N7O2S. The molecule has 1 fully saturated rings. The number of nitrogens with one attached hydrogen (secondary N) is 2. The van der Waals surface area contributed by atoms with Gasteiger partial charge in [0, 0.05) is 25.3 Å². The van der Waals surface area contributed by atoms with E-state index in [2.05, 4.69) is 30.5 Å². The first-order valence-corrected chi connectivity index (χ1v) is 12.3. The summed E-state index contributed by atoms with van der Waals surface area (Å²) in [4.78, 5) is 36.2. The van der Waals surface area contributed by atoms with Gasteiger partial charge in [-0.1, -0.05) is 18.2 Å². The fraction of sp³-hybridized carbons (Fsp3) is 0.231. The molecule has 0 saturated carbocycles. The van der Waals surface area contributed by atoms with E-state index in [0.717, 1.165) is 60.1 Å². The first-order chi connectivity index (χ1) is 17.5. The quantitative estimate of drug-likeness (QED) is 0.319. The van der Waals surface area contributed by atoms with Gasteiger partial charge in [-0.2, -0.15) is 0 Å². The van der Waals surface area contributed by atoms with Crippen molar-refractivity contribution in [3.63, 3.8) is 0 Å². The van der Waals surface area contributed by atoms with Crippen LogP contribution in [0.2, 0.25) is 0 Å². The van der Waals surface area contributed by atoms with Gasteiger partial charge in [0.05, 0.1) is 39.5 Å². The molecule has 0 bridgehead atoms. The number of fused-ring (bicyclic) bond motifs is 2. The number of pyridine rings is 1. The van der Waals surface area contributed by atoms with Crippen LogP contribution in [0.1, 0.15) is 34.8 Å². The second-order valence-corrected chi connectivity index (χ2v) is 9.59. The number of nitrogens with two attached hydrogens (primary N) is 1. The van der Waals surface area contributed by atoms with Gasteiger partial charge in [0.2, 0.25) is 0 Å². The third kappa shape index (κ3) is 3.84. The van der Waals surface area contributed by atoms with E-state index >= 15 is 0 Å². The van der Waals surface area contributed by atoms with Crippen molar-refractivity contribution in [3.8, 4) is 5.69 Å². The van der Waals surface area contributed by atoms with Crippen molar-refractivity contribution in [1.82, 2.24) is 29.0 Å². The van der Waals surface area contributed by atoms with Crippen LogP contribution in [-0.2, 0) is 6.54 Å². The number of carbonyl (C=O) groups is 1. The molecule has 0 radical (unpaired) electrons. The third-order valence-electron chi connectivity index (χ3n) is 6.92. The summed E-state index contributed by atoms with van der Waals surface area (Å²) in [6.45, 7) is 2.59. The van der Waals surface area contributed by atoms with Gasteiger partial charge in [0.1, 0.15) is 0 Å². The normalized spacial score (nSPS) is 16.6. The molecule has 1 unspecified atom stereocenters. The molecule has 3 aromatic heterocycles. The van der Waals surface area contributed by atoms with Gasteiger partial charge >= 0.3 is 5.69 Å². The van der Waals surface area contributed by atoms with Crippen molar-refractivity contribution in [3.05, 3.63) is 87.3 Å². The number of rotatable bonds is 5. The van der Waals surface area contributed by atoms with E-state index in [1.165, 1.54) is 0 Å². The average molecular weight is 500 g/mol. The first-order valence-electron chi connectivity index (χ1n) is 11.9. The summed E-state index contributed by atoms with van der Waals surface area (Å²) in [6.07, 6.45) is 5.58. The van der Waals surface area contributed by atoms with Crippen LogP contribution in [0.4, 0.5) is 0 Å². The predicted octanol–water partition coefficient (Wildman–Crippen LogP) is 3.66. The van der Waals surface area contributed by atoms with Crippen LogP contribution in [0.25, 0.3) is 27.8 Å². The summed E-state index contributed by atoms with van der Waals surface area (Å²) in [5.41, 5.74) is 11.2. The van der Waals surface area contributed by atoms with E-state index in [0.29, 0.717) is 16.0 Å². The Morgan fingerprint density at radius 3 is 2.81 bits per heavy atom. The van der Waals surface area contributed by atoms with E-state index in [-0.39, 0.29) is 11.7 Å². The highest BCUT2D eigenvalue weighted by atomic mass is 32.1. The summed E-state index contributed by atoms with van der Waals surface area (Å²) in [5, 5.41) is 0. The molecule has 6 rings (SSSR count). The number of amides is 1. The zero-order valence-corrected chi connectivity index (χ0v) is 20.3. The van der Waals surface area contributed by atoms with E-state index in [4.69, 9.17) is 18.0 Å². The number of primary amides is 1. The van der Waals surface area contributed by atoms with Crippen LogP contribution < -0.4 is 11.4 Å². The lowest BCUT2D eigenvalue weighted by Crippen LogP contribution is -2.36. The molecule has 1 amide bonds. The maximum atomic E-state index is 12.2. The number of para-hydroxylation sites is 1. The van der Waals surface area contributed by atoms with Crippen LogP contribution in [0, 0.1) is 4.77 Å². The fourth-order valence-electron chi connectivity index (χ4n) is 5.35. The monoisotopic (exact) mass is 499 g/mol. The molecule has 10 heteroatoms. The minimum absolute atomic E-state index is 0.161. The molecule has 1 aliphatic rings. The Hall–Kier alpha value is -4.02. The molecule has 2 aromatic carbocycles. The molecular weight excluding hydrogens is 474 g/mol. The van der Waals surface area contributed by atoms with E-state index in [1.54, 1.807) is 24.5 Å². The number of hydrogen-bond acceptors (Lipinski definition) is 5. The second kappa shape index (κ2) is 8.89. The number of hydrogen-bond donors (Lipinski definition) is 3. The Kier molecular flexibility index (Phi) is 5.54. The largest absolute Gasteiger partial charge is 0.366 e. The number of aromatic nitrogens is 5. The summed E-state index contributed by atoms with van der Waals surface area (Å²) < 4.78 is 4.72. The summed E-state index contributed by atoms with van der Waals surface area (Å²) in [6, 6.07) is 15.4. The Bertz CT molecular complexity index is 1730. The van der Waals surface area contributed by atoms with Crippen molar-refractivity contribution < 1.29 is 4.79 Å². The lowest BCUT2D eigenvalue weighted by atomic mass is 10.0. The van der Waals surface area contributed by atoms with Gasteiger partial charge in [-0.3, -0.25) is 19.2 Å². The van der Waals surface area contributed by atoms with Crippen LogP contribution in [-0.4, -0.2) is 48.0 Å². The fourth-order valence-corrected chi connectivity index (χ4v) is 5.80. The van der Waals surface area contributed by atoms with Crippen LogP contribution in [0.15, 0.2) is 65.7 Å². The highest BCUT2D eigenvalue weighted by Gasteiger charge is 2.26. The zero-order chi connectivity index (χ0) is 24.8. The van der Waals surface area contributed by atoms with Gasteiger partial charge in [-0.05, 0) is 67.5 Å². The van der Waals surface area contributed by atoms with Gasteiger partial charge in [-0.15, -0.1) is 0 Å². The number of likely N-dealkylation sites (tertiary alicyclic amines) is 1. The van der Waals surface area contributed by atoms with Crippen LogP contribution >= 0.6 is 12.2 Å². The lowest BCUT2D eigenvalue weighted by Gasteiger charge is -2.33. The molecule has 9 nitrogen and oxygen atoms in total. The number of aromatic amines is 2.